The Balaban J connectivity index is 2.62. The third-order valence-corrected chi connectivity index (χ3v) is 2.64. The first-order valence-corrected chi connectivity index (χ1v) is 5.30. The number of nitrogen functional groups attached to an aromatic ring is 3. The lowest BCUT2D eigenvalue weighted by Gasteiger charge is -2.08. The van der Waals surface area contributed by atoms with Crippen molar-refractivity contribution >= 4 is 33.4 Å². The van der Waals surface area contributed by atoms with Gasteiger partial charge in [0.15, 0.2) is 0 Å². The maximum absolute atomic E-state index is 5.87. The number of hydrogen-bond donors (Lipinski definition) is 3. The van der Waals surface area contributed by atoms with Crippen LogP contribution in [0, 0.1) is 0 Å². The van der Waals surface area contributed by atoms with Gasteiger partial charge >= 0.3 is 0 Å². The molecule has 2 aromatic rings. The number of benzene rings is 1. The molecule has 0 spiro atoms. The van der Waals surface area contributed by atoms with Gasteiger partial charge in [0.1, 0.15) is 5.82 Å². The van der Waals surface area contributed by atoms with Gasteiger partial charge in [0.05, 0.1) is 0 Å². The molecule has 2 rings (SSSR count). The summed E-state index contributed by atoms with van der Waals surface area (Å²) in [5, 5.41) is 0. The molecule has 1 heterocycles. The maximum Gasteiger partial charge on any atom is 0.221 e. The Kier molecular flexibility index (Phi) is 2.66. The van der Waals surface area contributed by atoms with Gasteiger partial charge in [-0.1, -0.05) is 15.9 Å². The second-order valence-electron chi connectivity index (χ2n) is 3.26. The van der Waals surface area contributed by atoms with Gasteiger partial charge in [-0.25, -0.2) is 4.98 Å². The van der Waals surface area contributed by atoms with Crippen molar-refractivity contribution in [1.82, 2.24) is 9.97 Å². The van der Waals surface area contributed by atoms with Crippen molar-refractivity contribution in [2.45, 2.75) is 0 Å². The summed E-state index contributed by atoms with van der Waals surface area (Å²) in [5.74, 6) is 0.465. The molecule has 0 radical (unpaired) electrons. The third kappa shape index (κ3) is 1.92. The van der Waals surface area contributed by atoms with Gasteiger partial charge in [0, 0.05) is 27.5 Å². The minimum Gasteiger partial charge on any atom is -0.398 e. The lowest BCUT2D eigenvalue weighted by molar-refractivity contribution is 1.20. The number of nitrogens with zero attached hydrogens (tertiary/aromatic N) is 2. The first-order chi connectivity index (χ1) is 7.58. The van der Waals surface area contributed by atoms with Crippen LogP contribution in [0.5, 0.6) is 0 Å². The van der Waals surface area contributed by atoms with Crippen LogP contribution < -0.4 is 17.2 Å². The Morgan fingerprint density at radius 3 is 2.50 bits per heavy atom. The highest BCUT2D eigenvalue weighted by Crippen LogP contribution is 2.31. The Morgan fingerprint density at radius 1 is 1.06 bits per heavy atom. The van der Waals surface area contributed by atoms with Crippen molar-refractivity contribution in [3.63, 3.8) is 0 Å². The molecule has 6 heteroatoms. The van der Waals surface area contributed by atoms with Gasteiger partial charge in [-0.05, 0) is 18.2 Å². The van der Waals surface area contributed by atoms with Crippen LogP contribution in [-0.2, 0) is 0 Å². The van der Waals surface area contributed by atoms with E-state index in [0.29, 0.717) is 17.1 Å². The lowest BCUT2D eigenvalue weighted by atomic mass is 10.1. The summed E-state index contributed by atoms with van der Waals surface area (Å²) in [5.41, 5.74) is 19.1. The number of halogens is 1. The number of anilines is 3. The molecule has 0 aliphatic heterocycles. The van der Waals surface area contributed by atoms with Crippen molar-refractivity contribution in [3.05, 3.63) is 28.9 Å². The lowest BCUT2D eigenvalue weighted by Crippen LogP contribution is -2.02. The average Bonchev–Trinajstić information content (AvgIpc) is 2.22. The van der Waals surface area contributed by atoms with Gasteiger partial charge in [0.2, 0.25) is 5.95 Å². The SMILES string of the molecule is Nc1ncc(-c2cc(Br)ccc2N)c(N)n1. The maximum atomic E-state index is 5.87. The van der Waals surface area contributed by atoms with E-state index < -0.39 is 0 Å². The molecule has 0 bridgehead atoms. The summed E-state index contributed by atoms with van der Waals surface area (Å²) in [6.45, 7) is 0. The summed E-state index contributed by atoms with van der Waals surface area (Å²) < 4.78 is 0.910. The van der Waals surface area contributed by atoms with E-state index in [1.807, 2.05) is 12.1 Å². The summed E-state index contributed by atoms with van der Waals surface area (Å²) in [7, 11) is 0. The Hall–Kier alpha value is -1.82. The van der Waals surface area contributed by atoms with E-state index in [4.69, 9.17) is 17.2 Å². The number of aromatic nitrogens is 2. The second kappa shape index (κ2) is 3.97. The van der Waals surface area contributed by atoms with Crippen molar-refractivity contribution in [2.75, 3.05) is 17.2 Å². The smallest absolute Gasteiger partial charge is 0.221 e. The molecule has 1 aromatic heterocycles. The van der Waals surface area contributed by atoms with Crippen LogP contribution in [0.25, 0.3) is 11.1 Å². The average molecular weight is 280 g/mol. The zero-order valence-corrected chi connectivity index (χ0v) is 9.90. The molecule has 0 amide bonds. The zero-order valence-electron chi connectivity index (χ0n) is 8.31. The second-order valence-corrected chi connectivity index (χ2v) is 4.17. The molecule has 5 nitrogen and oxygen atoms in total. The van der Waals surface area contributed by atoms with Crippen molar-refractivity contribution < 1.29 is 0 Å². The summed E-state index contributed by atoms with van der Waals surface area (Å²) in [4.78, 5) is 7.80. The fourth-order valence-electron chi connectivity index (χ4n) is 1.38. The molecule has 0 saturated heterocycles. The van der Waals surface area contributed by atoms with Crippen LogP contribution in [0.2, 0.25) is 0 Å². The predicted octanol–water partition coefficient (Wildman–Crippen LogP) is 1.65. The third-order valence-electron chi connectivity index (χ3n) is 2.14. The summed E-state index contributed by atoms with van der Waals surface area (Å²) >= 11 is 3.37. The molecule has 0 unspecified atom stereocenters. The van der Waals surface area contributed by atoms with Crippen molar-refractivity contribution in [3.8, 4) is 11.1 Å². The monoisotopic (exact) mass is 279 g/mol. The van der Waals surface area contributed by atoms with Crippen LogP contribution in [0.15, 0.2) is 28.9 Å². The van der Waals surface area contributed by atoms with Gasteiger partial charge in [-0.3, -0.25) is 0 Å². The topological polar surface area (TPSA) is 104 Å². The Morgan fingerprint density at radius 2 is 1.81 bits per heavy atom. The first kappa shape index (κ1) is 10.7. The number of hydrogen-bond acceptors (Lipinski definition) is 5. The zero-order chi connectivity index (χ0) is 11.7. The van der Waals surface area contributed by atoms with E-state index >= 15 is 0 Å². The van der Waals surface area contributed by atoms with Gasteiger partial charge < -0.3 is 17.2 Å². The van der Waals surface area contributed by atoms with E-state index in [0.717, 1.165) is 10.0 Å². The number of rotatable bonds is 1. The normalized spacial score (nSPS) is 10.3. The molecule has 0 saturated carbocycles. The Labute approximate surface area is 101 Å². The molecule has 0 aliphatic carbocycles. The van der Waals surface area contributed by atoms with Crippen LogP contribution in [-0.4, -0.2) is 9.97 Å². The first-order valence-electron chi connectivity index (χ1n) is 4.51. The minimum atomic E-state index is 0.148. The predicted molar refractivity (Wildman–Crippen MR) is 68.4 cm³/mol. The fraction of sp³-hybridized carbons (Fsp3) is 0. The van der Waals surface area contributed by atoms with Gasteiger partial charge in [0.25, 0.3) is 0 Å². The molecular formula is C10H10BrN5. The quantitative estimate of drug-likeness (QED) is 0.689. The van der Waals surface area contributed by atoms with Gasteiger partial charge in [-0.2, -0.15) is 4.98 Å². The van der Waals surface area contributed by atoms with E-state index in [1.165, 1.54) is 0 Å². The Bertz CT molecular complexity index is 541. The molecule has 82 valence electrons. The van der Waals surface area contributed by atoms with Crippen LogP contribution in [0.4, 0.5) is 17.5 Å². The highest BCUT2D eigenvalue weighted by molar-refractivity contribution is 9.10. The van der Waals surface area contributed by atoms with E-state index in [1.54, 1.807) is 12.3 Å². The number of nitrogens with two attached hydrogens (primary N) is 3. The molecule has 0 aliphatic rings. The fourth-order valence-corrected chi connectivity index (χ4v) is 1.74. The highest BCUT2D eigenvalue weighted by atomic mass is 79.9. The summed E-state index contributed by atoms with van der Waals surface area (Å²) in [6, 6.07) is 5.50. The molecule has 1 aromatic carbocycles. The van der Waals surface area contributed by atoms with E-state index in [2.05, 4.69) is 25.9 Å². The van der Waals surface area contributed by atoms with Crippen LogP contribution in [0.1, 0.15) is 0 Å². The molecular weight excluding hydrogens is 270 g/mol. The summed E-state index contributed by atoms with van der Waals surface area (Å²) in [6.07, 6.45) is 1.57. The highest BCUT2D eigenvalue weighted by Gasteiger charge is 2.09. The van der Waals surface area contributed by atoms with Crippen molar-refractivity contribution in [2.24, 2.45) is 0 Å². The van der Waals surface area contributed by atoms with Gasteiger partial charge in [-0.15, -0.1) is 0 Å². The van der Waals surface area contributed by atoms with Crippen LogP contribution >= 0.6 is 15.9 Å². The molecule has 16 heavy (non-hydrogen) atoms. The molecule has 6 N–H and O–H groups in total. The standard InChI is InChI=1S/C10H10BrN5/c11-5-1-2-8(12)6(3-5)7-4-15-10(14)16-9(7)13/h1-4H,12H2,(H4,13,14,15,16). The van der Waals surface area contributed by atoms with E-state index in [9.17, 15) is 0 Å². The largest absolute Gasteiger partial charge is 0.398 e. The minimum absolute atomic E-state index is 0.148. The van der Waals surface area contributed by atoms with Crippen LogP contribution in [0.3, 0.4) is 0 Å². The molecule has 0 atom stereocenters. The molecule has 0 fully saturated rings. The van der Waals surface area contributed by atoms with Crippen molar-refractivity contribution in [1.29, 1.82) is 0 Å². The van der Waals surface area contributed by atoms with E-state index in [-0.39, 0.29) is 5.95 Å².